The van der Waals surface area contributed by atoms with Gasteiger partial charge in [-0.3, -0.25) is 4.99 Å². The number of aliphatic imine (C=N–C) groups is 1. The molecule has 0 atom stereocenters. The number of hydrogen-bond donors (Lipinski definition) is 2. The summed E-state index contributed by atoms with van der Waals surface area (Å²) in [5.41, 5.74) is 3.64. The standard InChI is InChI=1S/C16H23N3/c1-12-5-7-13(8-6-12)14-11-15(18-10-9-17-14)19-16(2,3)4/h5-8,11,17H,9-10H2,1-4H3,(H,18,19). The van der Waals surface area contributed by atoms with E-state index in [1.807, 2.05) is 0 Å². The summed E-state index contributed by atoms with van der Waals surface area (Å²) in [7, 11) is 0. The number of nitrogens with zero attached hydrogens (tertiary/aromatic N) is 1. The Kier molecular flexibility index (Phi) is 3.93. The molecule has 3 heteroatoms. The Hall–Kier alpha value is -1.77. The van der Waals surface area contributed by atoms with Crippen molar-refractivity contribution in [3.63, 3.8) is 0 Å². The van der Waals surface area contributed by atoms with Gasteiger partial charge in [0.2, 0.25) is 0 Å². The summed E-state index contributed by atoms with van der Waals surface area (Å²) >= 11 is 0. The highest BCUT2D eigenvalue weighted by atomic mass is 15.1. The number of aryl methyl sites for hydroxylation is 1. The smallest absolute Gasteiger partial charge is 0.123 e. The molecular formula is C16H23N3. The van der Waals surface area contributed by atoms with Crippen LogP contribution >= 0.6 is 0 Å². The van der Waals surface area contributed by atoms with Crippen LogP contribution in [0.15, 0.2) is 35.3 Å². The van der Waals surface area contributed by atoms with Gasteiger partial charge < -0.3 is 10.6 Å². The Morgan fingerprint density at radius 2 is 1.84 bits per heavy atom. The summed E-state index contributed by atoms with van der Waals surface area (Å²) in [6, 6.07) is 8.57. The van der Waals surface area contributed by atoms with Gasteiger partial charge in [-0.1, -0.05) is 29.8 Å². The summed E-state index contributed by atoms with van der Waals surface area (Å²) in [5.74, 6) is 0.952. The maximum atomic E-state index is 4.57. The fourth-order valence-corrected chi connectivity index (χ4v) is 1.98. The first kappa shape index (κ1) is 13.7. The van der Waals surface area contributed by atoms with Crippen molar-refractivity contribution in [3.8, 4) is 0 Å². The minimum Gasteiger partial charge on any atom is -0.383 e. The third kappa shape index (κ3) is 4.12. The van der Waals surface area contributed by atoms with Gasteiger partial charge in [0.25, 0.3) is 0 Å². The molecule has 0 saturated carbocycles. The largest absolute Gasteiger partial charge is 0.383 e. The van der Waals surface area contributed by atoms with Crippen LogP contribution in [0, 0.1) is 6.92 Å². The molecule has 1 aromatic carbocycles. The lowest BCUT2D eigenvalue weighted by molar-refractivity contribution is 0.512. The molecule has 0 saturated heterocycles. The number of amidine groups is 1. The first-order valence-electron chi connectivity index (χ1n) is 6.79. The molecule has 0 bridgehead atoms. The predicted molar refractivity (Wildman–Crippen MR) is 82.3 cm³/mol. The molecular weight excluding hydrogens is 234 g/mol. The minimum atomic E-state index is 0.0259. The Bertz CT molecular complexity index is 490. The second-order valence-corrected chi connectivity index (χ2v) is 5.99. The molecule has 0 radical (unpaired) electrons. The lowest BCUT2D eigenvalue weighted by Crippen LogP contribution is -2.40. The maximum Gasteiger partial charge on any atom is 0.123 e. The van der Waals surface area contributed by atoms with Crippen molar-refractivity contribution in [3.05, 3.63) is 41.5 Å². The fourth-order valence-electron chi connectivity index (χ4n) is 1.98. The molecule has 2 N–H and O–H groups in total. The number of benzene rings is 1. The van der Waals surface area contributed by atoms with Crippen LogP contribution in [-0.2, 0) is 0 Å². The number of rotatable bonds is 1. The highest BCUT2D eigenvalue weighted by Crippen LogP contribution is 2.14. The van der Waals surface area contributed by atoms with Crippen molar-refractivity contribution >= 4 is 11.5 Å². The van der Waals surface area contributed by atoms with E-state index >= 15 is 0 Å². The molecule has 0 spiro atoms. The molecule has 2 rings (SSSR count). The summed E-state index contributed by atoms with van der Waals surface area (Å²) in [4.78, 5) is 4.57. The zero-order valence-electron chi connectivity index (χ0n) is 12.2. The van der Waals surface area contributed by atoms with Gasteiger partial charge in [-0.15, -0.1) is 0 Å². The molecule has 19 heavy (non-hydrogen) atoms. The van der Waals surface area contributed by atoms with E-state index in [1.54, 1.807) is 0 Å². The van der Waals surface area contributed by atoms with Crippen LogP contribution in [0.2, 0.25) is 0 Å². The Morgan fingerprint density at radius 3 is 2.47 bits per heavy atom. The molecule has 1 aromatic rings. The lowest BCUT2D eigenvalue weighted by Gasteiger charge is -2.22. The molecule has 102 valence electrons. The Labute approximate surface area is 115 Å². The van der Waals surface area contributed by atoms with Crippen molar-refractivity contribution in [1.29, 1.82) is 0 Å². The van der Waals surface area contributed by atoms with Crippen LogP contribution in [0.3, 0.4) is 0 Å². The minimum absolute atomic E-state index is 0.0259. The first-order valence-corrected chi connectivity index (χ1v) is 6.79. The molecule has 1 aliphatic heterocycles. The zero-order chi connectivity index (χ0) is 13.9. The van der Waals surface area contributed by atoms with E-state index in [-0.39, 0.29) is 5.54 Å². The monoisotopic (exact) mass is 257 g/mol. The molecule has 1 aliphatic rings. The molecule has 0 fully saturated rings. The molecule has 3 nitrogen and oxygen atoms in total. The first-order chi connectivity index (χ1) is 8.94. The zero-order valence-corrected chi connectivity index (χ0v) is 12.2. The number of hydrogen-bond acceptors (Lipinski definition) is 3. The summed E-state index contributed by atoms with van der Waals surface area (Å²) in [6.07, 6.45) is 2.10. The van der Waals surface area contributed by atoms with Crippen molar-refractivity contribution in [1.82, 2.24) is 10.6 Å². The normalized spacial score (nSPS) is 16.0. The van der Waals surface area contributed by atoms with Gasteiger partial charge in [-0.05, 0) is 33.3 Å². The van der Waals surface area contributed by atoms with Crippen molar-refractivity contribution in [2.45, 2.75) is 33.2 Å². The van der Waals surface area contributed by atoms with E-state index in [4.69, 9.17) is 0 Å². The van der Waals surface area contributed by atoms with E-state index in [9.17, 15) is 0 Å². The van der Waals surface area contributed by atoms with E-state index < -0.39 is 0 Å². The average molecular weight is 257 g/mol. The predicted octanol–water partition coefficient (Wildman–Crippen LogP) is 2.73. The molecule has 1 heterocycles. The van der Waals surface area contributed by atoms with Gasteiger partial charge in [-0.2, -0.15) is 0 Å². The van der Waals surface area contributed by atoms with Crippen LogP contribution in [-0.4, -0.2) is 24.5 Å². The van der Waals surface area contributed by atoms with Gasteiger partial charge in [0.05, 0.1) is 6.54 Å². The van der Waals surface area contributed by atoms with Crippen LogP contribution in [0.4, 0.5) is 0 Å². The Morgan fingerprint density at radius 1 is 1.16 bits per heavy atom. The van der Waals surface area contributed by atoms with Gasteiger partial charge in [-0.25, -0.2) is 0 Å². The van der Waals surface area contributed by atoms with E-state index in [2.05, 4.69) is 73.7 Å². The van der Waals surface area contributed by atoms with Crippen molar-refractivity contribution in [2.24, 2.45) is 4.99 Å². The van der Waals surface area contributed by atoms with Crippen LogP contribution in [0.1, 0.15) is 31.9 Å². The highest BCUT2D eigenvalue weighted by Gasteiger charge is 2.13. The summed E-state index contributed by atoms with van der Waals surface area (Å²) in [6.45, 7) is 10.2. The van der Waals surface area contributed by atoms with Gasteiger partial charge in [0.15, 0.2) is 0 Å². The van der Waals surface area contributed by atoms with E-state index in [0.717, 1.165) is 24.6 Å². The van der Waals surface area contributed by atoms with Crippen LogP contribution in [0.25, 0.3) is 5.70 Å². The van der Waals surface area contributed by atoms with E-state index in [0.29, 0.717) is 0 Å². The summed E-state index contributed by atoms with van der Waals surface area (Å²) < 4.78 is 0. The SMILES string of the molecule is Cc1ccc(C2=CC(NC(C)(C)C)=NCCN2)cc1. The lowest BCUT2D eigenvalue weighted by atomic mass is 10.1. The molecule has 0 amide bonds. The topological polar surface area (TPSA) is 36.4 Å². The van der Waals surface area contributed by atoms with E-state index in [1.165, 1.54) is 11.1 Å². The summed E-state index contributed by atoms with van der Waals surface area (Å²) in [5, 5.41) is 6.88. The fraction of sp³-hybridized carbons (Fsp3) is 0.438. The Balaban J connectivity index is 2.24. The van der Waals surface area contributed by atoms with Gasteiger partial charge in [0, 0.05) is 23.9 Å². The van der Waals surface area contributed by atoms with Crippen molar-refractivity contribution < 1.29 is 0 Å². The molecule has 0 aliphatic carbocycles. The third-order valence-corrected chi connectivity index (χ3v) is 2.86. The quantitative estimate of drug-likeness (QED) is 0.811. The maximum absolute atomic E-state index is 4.57. The second kappa shape index (κ2) is 5.47. The van der Waals surface area contributed by atoms with Crippen molar-refractivity contribution in [2.75, 3.05) is 13.1 Å². The third-order valence-electron chi connectivity index (χ3n) is 2.86. The van der Waals surface area contributed by atoms with Crippen LogP contribution < -0.4 is 10.6 Å². The van der Waals surface area contributed by atoms with Gasteiger partial charge in [0.1, 0.15) is 5.84 Å². The van der Waals surface area contributed by atoms with Crippen LogP contribution in [0.5, 0.6) is 0 Å². The molecule has 0 unspecified atom stereocenters. The van der Waals surface area contributed by atoms with Gasteiger partial charge >= 0.3 is 0 Å². The number of nitrogens with one attached hydrogen (secondary N) is 2. The second-order valence-electron chi connectivity index (χ2n) is 5.99. The highest BCUT2D eigenvalue weighted by molar-refractivity contribution is 5.99. The average Bonchev–Trinajstić information content (AvgIpc) is 2.53. The molecule has 0 aromatic heterocycles.